The molecule has 0 aliphatic heterocycles. The van der Waals surface area contributed by atoms with Crippen LogP contribution >= 0.6 is 0 Å². The van der Waals surface area contributed by atoms with Crippen LogP contribution in [0, 0.1) is 0 Å². The fourth-order valence-electron chi connectivity index (χ4n) is 3.57. The lowest BCUT2D eigenvalue weighted by molar-refractivity contribution is 0.0973. The van der Waals surface area contributed by atoms with Gasteiger partial charge < -0.3 is 25.8 Å². The smallest absolute Gasteiger partial charge is 0.166 e. The predicted octanol–water partition coefficient (Wildman–Crippen LogP) is 3.10. The summed E-state index contributed by atoms with van der Waals surface area (Å²) in [5.74, 6) is 0.727. The van der Waals surface area contributed by atoms with Crippen molar-refractivity contribution >= 4 is 23.0 Å². The molecule has 0 spiro atoms. The van der Waals surface area contributed by atoms with Crippen molar-refractivity contribution in [2.75, 3.05) is 23.8 Å². The zero-order valence-corrected chi connectivity index (χ0v) is 16.0. The van der Waals surface area contributed by atoms with Gasteiger partial charge in [0.15, 0.2) is 5.78 Å². The van der Waals surface area contributed by atoms with Gasteiger partial charge >= 0.3 is 0 Å². The van der Waals surface area contributed by atoms with Crippen molar-refractivity contribution < 1.29 is 15.0 Å². The molecule has 1 atom stereocenters. The van der Waals surface area contributed by atoms with E-state index in [4.69, 9.17) is 5.11 Å². The van der Waals surface area contributed by atoms with E-state index in [1.165, 1.54) is 0 Å². The van der Waals surface area contributed by atoms with Crippen LogP contribution in [0.25, 0.3) is 11.3 Å². The SMILES string of the molecule is O=C1CCCc2[nH]c(-c3ccnc(NCC(O)CO)c3)c(Nc3ccccc3)c21. The van der Waals surface area contributed by atoms with Crippen molar-refractivity contribution in [2.45, 2.75) is 25.4 Å². The predicted molar refractivity (Wildman–Crippen MR) is 113 cm³/mol. The number of H-pyrrole nitrogens is 1. The van der Waals surface area contributed by atoms with Crippen molar-refractivity contribution in [3.05, 3.63) is 59.9 Å². The second-order valence-corrected chi connectivity index (χ2v) is 7.14. The summed E-state index contributed by atoms with van der Waals surface area (Å²) in [4.78, 5) is 20.4. The van der Waals surface area contributed by atoms with E-state index in [2.05, 4.69) is 20.6 Å². The molecular formula is C22H24N4O3. The van der Waals surface area contributed by atoms with Crippen molar-refractivity contribution in [2.24, 2.45) is 0 Å². The molecular weight excluding hydrogens is 368 g/mol. The molecule has 2 aromatic heterocycles. The summed E-state index contributed by atoms with van der Waals surface area (Å²) in [6, 6.07) is 13.5. The number of aliphatic hydroxyl groups is 2. The fraction of sp³-hybridized carbons (Fsp3) is 0.273. The molecule has 1 aliphatic rings. The van der Waals surface area contributed by atoms with Gasteiger partial charge in [0.1, 0.15) is 5.82 Å². The van der Waals surface area contributed by atoms with Gasteiger partial charge in [0.05, 0.1) is 29.7 Å². The summed E-state index contributed by atoms with van der Waals surface area (Å²) in [6.07, 6.45) is 3.06. The lowest BCUT2D eigenvalue weighted by Crippen LogP contribution is -2.23. The maximum Gasteiger partial charge on any atom is 0.166 e. The van der Waals surface area contributed by atoms with Crippen molar-refractivity contribution in [3.63, 3.8) is 0 Å². The number of fused-ring (bicyclic) bond motifs is 1. The number of carbonyl (C=O) groups is 1. The molecule has 0 radical (unpaired) electrons. The van der Waals surface area contributed by atoms with Crippen LogP contribution < -0.4 is 10.6 Å². The van der Waals surface area contributed by atoms with Crippen LogP contribution in [0.1, 0.15) is 28.9 Å². The van der Waals surface area contributed by atoms with E-state index in [0.29, 0.717) is 12.2 Å². The number of nitrogens with one attached hydrogen (secondary N) is 3. The van der Waals surface area contributed by atoms with E-state index in [9.17, 15) is 9.90 Å². The maximum atomic E-state index is 12.7. The summed E-state index contributed by atoms with van der Waals surface area (Å²) in [5, 5.41) is 25.0. The highest BCUT2D eigenvalue weighted by molar-refractivity contribution is 6.07. The van der Waals surface area contributed by atoms with Crippen molar-refractivity contribution in [3.8, 4) is 11.3 Å². The highest BCUT2D eigenvalue weighted by Gasteiger charge is 2.27. The van der Waals surface area contributed by atoms with E-state index >= 15 is 0 Å². The third-order valence-electron chi connectivity index (χ3n) is 5.01. The van der Waals surface area contributed by atoms with Gasteiger partial charge in [-0.05, 0) is 37.1 Å². The van der Waals surface area contributed by atoms with Gasteiger partial charge in [-0.3, -0.25) is 4.79 Å². The normalized spacial score (nSPS) is 14.3. The number of anilines is 3. The molecule has 7 nitrogen and oxygen atoms in total. The van der Waals surface area contributed by atoms with Crippen molar-refractivity contribution in [1.29, 1.82) is 0 Å². The molecule has 3 aromatic rings. The van der Waals surface area contributed by atoms with Crippen LogP contribution in [-0.2, 0) is 6.42 Å². The number of nitrogens with zero attached hydrogens (tertiary/aromatic N) is 1. The number of carbonyl (C=O) groups excluding carboxylic acids is 1. The summed E-state index contributed by atoms with van der Waals surface area (Å²) in [7, 11) is 0. The van der Waals surface area contributed by atoms with E-state index in [0.717, 1.165) is 46.7 Å². The molecule has 7 heteroatoms. The Bertz CT molecular complexity index is 1000. The second-order valence-electron chi connectivity index (χ2n) is 7.14. The zero-order chi connectivity index (χ0) is 20.2. The maximum absolute atomic E-state index is 12.7. The van der Waals surface area contributed by atoms with Crippen molar-refractivity contribution in [1.82, 2.24) is 9.97 Å². The number of pyridine rings is 1. The minimum absolute atomic E-state index is 0.144. The second kappa shape index (κ2) is 8.46. The van der Waals surface area contributed by atoms with Crippen LogP contribution in [0.3, 0.4) is 0 Å². The number of ketones is 1. The van der Waals surface area contributed by atoms with Crippen LogP contribution in [0.2, 0.25) is 0 Å². The summed E-state index contributed by atoms with van der Waals surface area (Å²) < 4.78 is 0. The number of rotatable bonds is 7. The fourth-order valence-corrected chi connectivity index (χ4v) is 3.57. The van der Waals surface area contributed by atoms with E-state index < -0.39 is 6.10 Å². The quantitative estimate of drug-likeness (QED) is 0.423. The van der Waals surface area contributed by atoms with E-state index in [-0.39, 0.29) is 18.9 Å². The number of para-hydroxylation sites is 1. The average molecular weight is 392 g/mol. The van der Waals surface area contributed by atoms with E-state index in [1.54, 1.807) is 6.20 Å². The van der Waals surface area contributed by atoms with Gasteiger partial charge in [0.2, 0.25) is 0 Å². The lowest BCUT2D eigenvalue weighted by atomic mass is 9.95. The molecule has 5 N–H and O–H groups in total. The van der Waals surface area contributed by atoms with Gasteiger partial charge in [-0.25, -0.2) is 4.98 Å². The first-order valence-electron chi connectivity index (χ1n) is 9.75. The zero-order valence-electron chi connectivity index (χ0n) is 16.0. The Kier molecular flexibility index (Phi) is 5.59. The summed E-state index contributed by atoms with van der Waals surface area (Å²) >= 11 is 0. The van der Waals surface area contributed by atoms with Gasteiger partial charge in [0, 0.05) is 36.1 Å². The number of aliphatic hydroxyl groups excluding tert-OH is 2. The Labute approximate surface area is 168 Å². The molecule has 0 bridgehead atoms. The molecule has 0 fully saturated rings. The molecule has 4 rings (SSSR count). The largest absolute Gasteiger partial charge is 0.394 e. The third-order valence-corrected chi connectivity index (χ3v) is 5.01. The highest BCUT2D eigenvalue weighted by atomic mass is 16.3. The molecule has 1 aromatic carbocycles. The molecule has 0 saturated heterocycles. The number of hydrogen-bond acceptors (Lipinski definition) is 6. The first kappa shape index (κ1) is 19.2. The molecule has 0 amide bonds. The lowest BCUT2D eigenvalue weighted by Gasteiger charge is -2.14. The average Bonchev–Trinajstić information content (AvgIpc) is 3.12. The van der Waals surface area contributed by atoms with Gasteiger partial charge in [-0.2, -0.15) is 0 Å². The first-order valence-corrected chi connectivity index (χ1v) is 9.75. The Morgan fingerprint density at radius 2 is 2.00 bits per heavy atom. The monoisotopic (exact) mass is 392 g/mol. The van der Waals surface area contributed by atoms with Crippen LogP contribution in [0.15, 0.2) is 48.7 Å². The number of aromatic amines is 1. The number of aromatic nitrogens is 2. The van der Waals surface area contributed by atoms with Crippen LogP contribution in [-0.4, -0.2) is 45.2 Å². The number of benzene rings is 1. The third kappa shape index (κ3) is 4.16. The summed E-state index contributed by atoms with van der Waals surface area (Å²) in [6.45, 7) is -0.120. The van der Waals surface area contributed by atoms with Gasteiger partial charge in [-0.1, -0.05) is 18.2 Å². The van der Waals surface area contributed by atoms with E-state index in [1.807, 2.05) is 42.5 Å². The molecule has 150 valence electrons. The summed E-state index contributed by atoms with van der Waals surface area (Å²) in [5.41, 5.74) is 5.09. The molecule has 1 unspecified atom stereocenters. The van der Waals surface area contributed by atoms with Crippen LogP contribution in [0.5, 0.6) is 0 Å². The minimum Gasteiger partial charge on any atom is -0.394 e. The Balaban J connectivity index is 1.73. The Hall–Kier alpha value is -3.16. The highest BCUT2D eigenvalue weighted by Crippen LogP contribution is 2.39. The number of aryl methyl sites for hydroxylation is 1. The number of Topliss-reactive ketones (excluding diaryl/α,β-unsaturated/α-hetero) is 1. The molecule has 29 heavy (non-hydrogen) atoms. The van der Waals surface area contributed by atoms with Crippen LogP contribution in [0.4, 0.5) is 17.2 Å². The topological polar surface area (TPSA) is 110 Å². The van der Waals surface area contributed by atoms with Gasteiger partial charge in [-0.15, -0.1) is 0 Å². The number of hydrogen-bond donors (Lipinski definition) is 5. The Morgan fingerprint density at radius 3 is 2.79 bits per heavy atom. The molecule has 1 aliphatic carbocycles. The molecule has 2 heterocycles. The minimum atomic E-state index is -0.855. The standard InChI is InChI=1S/C22H24N4O3/c27-13-16(28)12-24-19-11-14(9-10-23-19)21-22(25-15-5-2-1-3-6-15)20-17(26-21)7-4-8-18(20)29/h1-3,5-6,9-11,16,25-28H,4,7-8,12-13H2,(H,23,24). The first-order chi connectivity index (χ1) is 14.2. The molecule has 0 saturated carbocycles. The Morgan fingerprint density at radius 1 is 1.17 bits per heavy atom. The van der Waals surface area contributed by atoms with Gasteiger partial charge in [0.25, 0.3) is 0 Å².